The summed E-state index contributed by atoms with van der Waals surface area (Å²) in [6.07, 6.45) is 6.17. The van der Waals surface area contributed by atoms with E-state index in [9.17, 15) is 0 Å². The van der Waals surface area contributed by atoms with Crippen molar-refractivity contribution in [3.05, 3.63) is 35.0 Å². The van der Waals surface area contributed by atoms with Gasteiger partial charge < -0.3 is 5.32 Å². The molecule has 0 aromatic carbocycles. The first-order chi connectivity index (χ1) is 9.11. The van der Waals surface area contributed by atoms with Crippen molar-refractivity contribution in [2.45, 2.75) is 31.7 Å². The van der Waals surface area contributed by atoms with Gasteiger partial charge in [-0.05, 0) is 19.8 Å². The molecule has 1 saturated carbocycles. The number of aryl methyl sites for hydroxylation is 1. The highest BCUT2D eigenvalue weighted by atomic mass is 35.5. The molecule has 2 aromatic heterocycles. The summed E-state index contributed by atoms with van der Waals surface area (Å²) in [5, 5.41) is 8.01. The van der Waals surface area contributed by atoms with Crippen molar-refractivity contribution in [1.29, 1.82) is 0 Å². The third kappa shape index (κ3) is 2.87. The molecule has 5 nitrogen and oxygen atoms in total. The lowest BCUT2D eigenvalue weighted by molar-refractivity contribution is 0.765. The van der Waals surface area contributed by atoms with Gasteiger partial charge in [-0.15, -0.1) is 0 Å². The Morgan fingerprint density at radius 3 is 2.84 bits per heavy atom. The number of anilines is 1. The average Bonchev–Trinajstić information content (AvgIpc) is 3.11. The first kappa shape index (κ1) is 12.4. The second kappa shape index (κ2) is 4.81. The number of nitrogens with one attached hydrogen (secondary N) is 1. The summed E-state index contributed by atoms with van der Waals surface area (Å²) in [7, 11) is 1.91. The van der Waals surface area contributed by atoms with Gasteiger partial charge in [0.2, 0.25) is 0 Å². The molecule has 1 N–H and O–H groups in total. The number of hydrogen-bond acceptors (Lipinski definition) is 4. The minimum atomic E-state index is 0.131. The minimum Gasteiger partial charge on any atom is -0.363 e. The maximum absolute atomic E-state index is 6.05. The molecule has 2 aromatic rings. The third-order valence-electron chi connectivity index (χ3n) is 3.24. The quantitative estimate of drug-likeness (QED) is 0.873. The Bertz CT molecular complexity index is 590. The van der Waals surface area contributed by atoms with Gasteiger partial charge in [0.25, 0.3) is 0 Å². The highest BCUT2D eigenvalue weighted by molar-refractivity contribution is 6.29. The van der Waals surface area contributed by atoms with Crippen LogP contribution in [0.25, 0.3) is 0 Å². The fourth-order valence-corrected chi connectivity index (χ4v) is 2.19. The third-order valence-corrected chi connectivity index (χ3v) is 3.44. The predicted molar refractivity (Wildman–Crippen MR) is 74.3 cm³/mol. The van der Waals surface area contributed by atoms with Crippen LogP contribution in [-0.2, 0) is 7.05 Å². The zero-order chi connectivity index (χ0) is 13.4. The lowest BCUT2D eigenvalue weighted by Gasteiger charge is -2.13. The SMILES string of the molecule is CC(Nc1cc(Cl)nc(C2CC2)n1)c1cnn(C)c1. The van der Waals surface area contributed by atoms with E-state index in [-0.39, 0.29) is 6.04 Å². The van der Waals surface area contributed by atoms with Crippen molar-refractivity contribution in [1.82, 2.24) is 19.7 Å². The summed E-state index contributed by atoms with van der Waals surface area (Å²) in [4.78, 5) is 8.81. The molecule has 19 heavy (non-hydrogen) atoms. The summed E-state index contributed by atoms with van der Waals surface area (Å²) in [6, 6.07) is 1.90. The van der Waals surface area contributed by atoms with Gasteiger partial charge in [0, 0.05) is 30.8 Å². The van der Waals surface area contributed by atoms with Gasteiger partial charge in [-0.2, -0.15) is 5.10 Å². The molecule has 0 amide bonds. The Kier molecular flexibility index (Phi) is 3.14. The van der Waals surface area contributed by atoms with Crippen LogP contribution in [0, 0.1) is 0 Å². The van der Waals surface area contributed by atoms with Gasteiger partial charge in [-0.1, -0.05) is 11.6 Å². The van der Waals surface area contributed by atoms with E-state index in [1.54, 1.807) is 10.7 Å². The van der Waals surface area contributed by atoms with Gasteiger partial charge in [-0.3, -0.25) is 4.68 Å². The first-order valence-electron chi connectivity index (χ1n) is 6.41. The molecule has 1 aliphatic rings. The molecular weight excluding hydrogens is 262 g/mol. The molecule has 0 radical (unpaired) electrons. The van der Waals surface area contributed by atoms with Crippen molar-refractivity contribution in [2.24, 2.45) is 7.05 Å². The van der Waals surface area contributed by atoms with Crippen LogP contribution in [-0.4, -0.2) is 19.7 Å². The van der Waals surface area contributed by atoms with Crippen molar-refractivity contribution in [2.75, 3.05) is 5.32 Å². The van der Waals surface area contributed by atoms with Crippen LogP contribution >= 0.6 is 11.6 Å². The van der Waals surface area contributed by atoms with E-state index in [2.05, 4.69) is 27.3 Å². The molecule has 0 saturated heterocycles. The lowest BCUT2D eigenvalue weighted by atomic mass is 10.2. The van der Waals surface area contributed by atoms with E-state index >= 15 is 0 Å². The van der Waals surface area contributed by atoms with E-state index < -0.39 is 0 Å². The fourth-order valence-electron chi connectivity index (χ4n) is 2.00. The van der Waals surface area contributed by atoms with Crippen molar-refractivity contribution in [3.63, 3.8) is 0 Å². The molecule has 3 rings (SSSR count). The van der Waals surface area contributed by atoms with Gasteiger partial charge in [-0.25, -0.2) is 9.97 Å². The smallest absolute Gasteiger partial charge is 0.135 e. The lowest BCUT2D eigenvalue weighted by Crippen LogP contribution is -2.09. The largest absolute Gasteiger partial charge is 0.363 e. The van der Waals surface area contributed by atoms with Gasteiger partial charge in [0.1, 0.15) is 16.8 Å². The van der Waals surface area contributed by atoms with Gasteiger partial charge in [0.15, 0.2) is 0 Å². The topological polar surface area (TPSA) is 55.6 Å². The van der Waals surface area contributed by atoms with Crippen LogP contribution in [0.3, 0.4) is 0 Å². The zero-order valence-electron chi connectivity index (χ0n) is 11.0. The van der Waals surface area contributed by atoms with Crippen LogP contribution in [0.5, 0.6) is 0 Å². The standard InChI is InChI=1S/C13H16ClN5/c1-8(10-6-15-19(2)7-10)16-12-5-11(14)17-13(18-12)9-3-4-9/h5-9H,3-4H2,1-2H3,(H,16,17,18). The summed E-state index contributed by atoms with van der Waals surface area (Å²) in [5.74, 6) is 2.12. The molecular formula is C13H16ClN5. The van der Waals surface area contributed by atoms with E-state index in [0.29, 0.717) is 11.1 Å². The number of rotatable bonds is 4. The van der Waals surface area contributed by atoms with Crippen LogP contribution in [0.1, 0.15) is 43.1 Å². The molecule has 0 aliphatic heterocycles. The maximum Gasteiger partial charge on any atom is 0.135 e. The Balaban J connectivity index is 1.78. The zero-order valence-corrected chi connectivity index (χ0v) is 11.7. The molecule has 6 heteroatoms. The summed E-state index contributed by atoms with van der Waals surface area (Å²) in [5.41, 5.74) is 1.12. The molecule has 0 spiro atoms. The van der Waals surface area contributed by atoms with E-state index in [1.165, 1.54) is 0 Å². The summed E-state index contributed by atoms with van der Waals surface area (Å²) >= 11 is 6.05. The van der Waals surface area contributed by atoms with E-state index in [1.807, 2.05) is 19.4 Å². The minimum absolute atomic E-state index is 0.131. The molecule has 0 bridgehead atoms. The fraction of sp³-hybridized carbons (Fsp3) is 0.462. The molecule has 1 unspecified atom stereocenters. The monoisotopic (exact) mass is 277 g/mol. The van der Waals surface area contributed by atoms with E-state index in [0.717, 1.165) is 30.0 Å². The second-order valence-corrected chi connectivity index (χ2v) is 5.41. The van der Waals surface area contributed by atoms with Crippen LogP contribution in [0.15, 0.2) is 18.5 Å². The first-order valence-corrected chi connectivity index (χ1v) is 6.79. The number of halogens is 1. The number of nitrogens with zero attached hydrogens (tertiary/aromatic N) is 4. The maximum atomic E-state index is 6.05. The molecule has 100 valence electrons. The molecule has 2 heterocycles. The number of hydrogen-bond donors (Lipinski definition) is 1. The normalized spacial score (nSPS) is 16.4. The number of aromatic nitrogens is 4. The predicted octanol–water partition coefficient (Wildman–Crippen LogP) is 2.91. The summed E-state index contributed by atoms with van der Waals surface area (Å²) in [6.45, 7) is 2.07. The van der Waals surface area contributed by atoms with Crippen LogP contribution in [0.2, 0.25) is 5.15 Å². The van der Waals surface area contributed by atoms with Gasteiger partial charge >= 0.3 is 0 Å². The Labute approximate surface area is 117 Å². The molecule has 1 aliphatic carbocycles. The highest BCUT2D eigenvalue weighted by Gasteiger charge is 2.27. The van der Waals surface area contributed by atoms with Crippen molar-refractivity contribution < 1.29 is 0 Å². The van der Waals surface area contributed by atoms with E-state index in [4.69, 9.17) is 11.6 Å². The highest BCUT2D eigenvalue weighted by Crippen LogP contribution is 2.38. The molecule has 1 fully saturated rings. The average molecular weight is 278 g/mol. The second-order valence-electron chi connectivity index (χ2n) is 5.02. The Morgan fingerprint density at radius 2 is 2.21 bits per heavy atom. The van der Waals surface area contributed by atoms with Gasteiger partial charge in [0.05, 0.1) is 12.2 Å². The van der Waals surface area contributed by atoms with Crippen molar-refractivity contribution in [3.8, 4) is 0 Å². The Morgan fingerprint density at radius 1 is 1.42 bits per heavy atom. The Hall–Kier alpha value is -1.62. The van der Waals surface area contributed by atoms with Crippen molar-refractivity contribution >= 4 is 17.4 Å². The summed E-state index contributed by atoms with van der Waals surface area (Å²) < 4.78 is 1.79. The molecule has 1 atom stereocenters. The van der Waals surface area contributed by atoms with Crippen LogP contribution < -0.4 is 5.32 Å². The van der Waals surface area contributed by atoms with Crippen LogP contribution in [0.4, 0.5) is 5.82 Å².